The van der Waals surface area contributed by atoms with E-state index in [4.69, 9.17) is 5.73 Å². The number of nitrogens with zero attached hydrogens (tertiary/aromatic N) is 3. The van der Waals surface area contributed by atoms with Crippen molar-refractivity contribution < 1.29 is 8.78 Å². The van der Waals surface area contributed by atoms with Crippen LogP contribution in [0.1, 0.15) is 43.3 Å². The van der Waals surface area contributed by atoms with E-state index in [1.54, 1.807) is 6.92 Å². The monoisotopic (exact) mass is 280 g/mol. The SMILES string of the molecule is CCc1c(C(N)CC)nnn1-c1c(F)ccc(C)c1F. The Hall–Kier alpha value is -1.82. The minimum atomic E-state index is -0.663. The molecule has 0 saturated heterocycles. The molecule has 20 heavy (non-hydrogen) atoms. The fourth-order valence-corrected chi connectivity index (χ4v) is 2.14. The van der Waals surface area contributed by atoms with E-state index in [0.717, 1.165) is 0 Å². The maximum atomic E-state index is 14.2. The van der Waals surface area contributed by atoms with E-state index in [1.807, 2.05) is 13.8 Å². The first-order valence-electron chi connectivity index (χ1n) is 6.66. The lowest BCUT2D eigenvalue weighted by Crippen LogP contribution is -2.13. The zero-order valence-corrected chi connectivity index (χ0v) is 11.8. The highest BCUT2D eigenvalue weighted by Crippen LogP contribution is 2.25. The molecule has 0 fully saturated rings. The molecular formula is C14H18F2N4. The van der Waals surface area contributed by atoms with Crippen LogP contribution in [0.2, 0.25) is 0 Å². The van der Waals surface area contributed by atoms with Gasteiger partial charge in [-0.25, -0.2) is 13.5 Å². The highest BCUT2D eigenvalue weighted by atomic mass is 19.1. The van der Waals surface area contributed by atoms with Gasteiger partial charge in [-0.05, 0) is 31.4 Å². The zero-order valence-electron chi connectivity index (χ0n) is 11.8. The Bertz CT molecular complexity index is 622. The second kappa shape index (κ2) is 5.66. The lowest BCUT2D eigenvalue weighted by Gasteiger charge is -2.11. The number of hydrogen-bond donors (Lipinski definition) is 1. The van der Waals surface area contributed by atoms with Gasteiger partial charge in [0.2, 0.25) is 0 Å². The van der Waals surface area contributed by atoms with Crippen molar-refractivity contribution in [1.29, 1.82) is 0 Å². The molecule has 0 saturated carbocycles. The number of halogens is 2. The van der Waals surface area contributed by atoms with Gasteiger partial charge in [-0.15, -0.1) is 5.10 Å². The Morgan fingerprint density at radius 1 is 1.30 bits per heavy atom. The topological polar surface area (TPSA) is 56.7 Å². The van der Waals surface area contributed by atoms with E-state index in [-0.39, 0.29) is 11.7 Å². The molecular weight excluding hydrogens is 262 g/mol. The van der Waals surface area contributed by atoms with Crippen molar-refractivity contribution in [3.63, 3.8) is 0 Å². The molecule has 0 aliphatic carbocycles. The van der Waals surface area contributed by atoms with Crippen LogP contribution in [0.25, 0.3) is 5.69 Å². The summed E-state index contributed by atoms with van der Waals surface area (Å²) in [5.41, 5.74) is 7.37. The molecule has 0 amide bonds. The number of benzene rings is 1. The molecule has 1 aromatic heterocycles. The van der Waals surface area contributed by atoms with Crippen molar-refractivity contribution in [2.24, 2.45) is 5.73 Å². The van der Waals surface area contributed by atoms with Crippen LogP contribution < -0.4 is 5.73 Å². The van der Waals surface area contributed by atoms with Crippen LogP contribution >= 0.6 is 0 Å². The van der Waals surface area contributed by atoms with Crippen molar-refractivity contribution in [2.75, 3.05) is 0 Å². The van der Waals surface area contributed by atoms with Gasteiger partial charge < -0.3 is 5.73 Å². The maximum Gasteiger partial charge on any atom is 0.154 e. The molecule has 108 valence electrons. The molecule has 6 heteroatoms. The molecule has 0 aliphatic heterocycles. The van der Waals surface area contributed by atoms with Crippen LogP contribution in [-0.4, -0.2) is 15.0 Å². The van der Waals surface area contributed by atoms with Gasteiger partial charge in [-0.3, -0.25) is 0 Å². The summed E-state index contributed by atoms with van der Waals surface area (Å²) in [6, 6.07) is 2.35. The summed E-state index contributed by atoms with van der Waals surface area (Å²) in [6.07, 6.45) is 1.23. The molecule has 0 aliphatic rings. The fraction of sp³-hybridized carbons (Fsp3) is 0.429. The Labute approximate surface area is 116 Å². The van der Waals surface area contributed by atoms with Crippen LogP contribution in [0.15, 0.2) is 12.1 Å². The minimum absolute atomic E-state index is 0.191. The van der Waals surface area contributed by atoms with Crippen LogP contribution in [-0.2, 0) is 6.42 Å². The lowest BCUT2D eigenvalue weighted by atomic mass is 10.1. The number of hydrogen-bond acceptors (Lipinski definition) is 3. The molecule has 1 unspecified atom stereocenters. The number of nitrogens with two attached hydrogens (primary N) is 1. The van der Waals surface area contributed by atoms with Crippen LogP contribution in [0.3, 0.4) is 0 Å². The summed E-state index contributed by atoms with van der Waals surface area (Å²) >= 11 is 0. The minimum Gasteiger partial charge on any atom is -0.323 e. The molecule has 0 bridgehead atoms. The molecule has 0 spiro atoms. The first kappa shape index (κ1) is 14.6. The first-order chi connectivity index (χ1) is 9.51. The lowest BCUT2D eigenvalue weighted by molar-refractivity contribution is 0.547. The number of aromatic nitrogens is 3. The van der Waals surface area contributed by atoms with Crippen molar-refractivity contribution in [3.8, 4) is 5.69 Å². The van der Waals surface area contributed by atoms with Gasteiger partial charge in [-0.1, -0.05) is 25.1 Å². The summed E-state index contributed by atoms with van der Waals surface area (Å²) in [4.78, 5) is 0. The predicted octanol–water partition coefficient (Wildman–Crippen LogP) is 2.83. The van der Waals surface area contributed by atoms with E-state index in [0.29, 0.717) is 29.8 Å². The van der Waals surface area contributed by atoms with Gasteiger partial charge in [0.1, 0.15) is 11.4 Å². The summed E-state index contributed by atoms with van der Waals surface area (Å²) < 4.78 is 29.4. The fourth-order valence-electron chi connectivity index (χ4n) is 2.14. The molecule has 4 nitrogen and oxygen atoms in total. The van der Waals surface area contributed by atoms with Crippen LogP contribution in [0.4, 0.5) is 8.78 Å². The van der Waals surface area contributed by atoms with Gasteiger partial charge in [0.25, 0.3) is 0 Å². The van der Waals surface area contributed by atoms with E-state index in [2.05, 4.69) is 10.3 Å². The quantitative estimate of drug-likeness (QED) is 0.937. The summed E-state index contributed by atoms with van der Waals surface area (Å²) in [7, 11) is 0. The Kier molecular flexibility index (Phi) is 4.13. The van der Waals surface area contributed by atoms with Crippen molar-refractivity contribution >= 4 is 0 Å². The normalized spacial score (nSPS) is 12.7. The van der Waals surface area contributed by atoms with Gasteiger partial charge in [0, 0.05) is 0 Å². The van der Waals surface area contributed by atoms with Crippen molar-refractivity contribution in [1.82, 2.24) is 15.0 Å². The summed E-state index contributed by atoms with van der Waals surface area (Å²) in [5.74, 6) is -1.29. The van der Waals surface area contributed by atoms with E-state index >= 15 is 0 Å². The summed E-state index contributed by atoms with van der Waals surface area (Å²) in [6.45, 7) is 5.39. The molecule has 2 N–H and O–H groups in total. The average Bonchev–Trinajstić information content (AvgIpc) is 2.86. The highest BCUT2D eigenvalue weighted by Gasteiger charge is 2.22. The van der Waals surface area contributed by atoms with Gasteiger partial charge in [0.05, 0.1) is 11.7 Å². The van der Waals surface area contributed by atoms with Gasteiger partial charge in [-0.2, -0.15) is 0 Å². The summed E-state index contributed by atoms with van der Waals surface area (Å²) in [5, 5.41) is 7.90. The van der Waals surface area contributed by atoms with Crippen molar-refractivity contribution in [3.05, 3.63) is 40.7 Å². The predicted molar refractivity (Wildman–Crippen MR) is 72.6 cm³/mol. The Morgan fingerprint density at radius 3 is 2.60 bits per heavy atom. The third-order valence-corrected chi connectivity index (χ3v) is 3.39. The average molecular weight is 280 g/mol. The van der Waals surface area contributed by atoms with Gasteiger partial charge in [0.15, 0.2) is 11.6 Å². The van der Waals surface area contributed by atoms with E-state index < -0.39 is 11.6 Å². The second-order valence-electron chi connectivity index (χ2n) is 4.73. The maximum absolute atomic E-state index is 14.2. The third-order valence-electron chi connectivity index (χ3n) is 3.39. The zero-order chi connectivity index (χ0) is 14.9. The van der Waals surface area contributed by atoms with Gasteiger partial charge >= 0.3 is 0 Å². The van der Waals surface area contributed by atoms with E-state index in [9.17, 15) is 8.78 Å². The number of rotatable bonds is 4. The molecule has 0 radical (unpaired) electrons. The molecule has 2 rings (SSSR count). The molecule has 2 aromatic rings. The Morgan fingerprint density at radius 2 is 2.00 bits per heavy atom. The largest absolute Gasteiger partial charge is 0.323 e. The van der Waals surface area contributed by atoms with Crippen LogP contribution in [0.5, 0.6) is 0 Å². The molecule has 1 atom stereocenters. The number of aryl methyl sites for hydroxylation is 1. The van der Waals surface area contributed by atoms with E-state index in [1.165, 1.54) is 16.8 Å². The standard InChI is InChI=1S/C14H18F2N4/c1-4-10(17)13-11(5-2)20(19-18-13)14-9(15)7-6-8(3)12(14)16/h6-7,10H,4-5,17H2,1-3H3. The van der Waals surface area contributed by atoms with Crippen molar-refractivity contribution in [2.45, 2.75) is 39.7 Å². The molecule has 1 heterocycles. The Balaban J connectivity index is 2.65. The first-order valence-corrected chi connectivity index (χ1v) is 6.66. The highest BCUT2D eigenvalue weighted by molar-refractivity contribution is 5.40. The van der Waals surface area contributed by atoms with Crippen LogP contribution in [0, 0.1) is 18.6 Å². The third kappa shape index (κ3) is 2.31. The molecule has 1 aromatic carbocycles. The second-order valence-corrected chi connectivity index (χ2v) is 4.73. The smallest absolute Gasteiger partial charge is 0.154 e.